The van der Waals surface area contributed by atoms with E-state index in [9.17, 15) is 9.59 Å². The van der Waals surface area contributed by atoms with Crippen molar-refractivity contribution in [3.63, 3.8) is 0 Å². The summed E-state index contributed by atoms with van der Waals surface area (Å²) in [5.41, 5.74) is 7.27. The number of carbonyl (C=O) groups excluding carboxylic acids is 2. The van der Waals surface area contributed by atoms with E-state index in [4.69, 9.17) is 5.73 Å². The zero-order valence-electron chi connectivity index (χ0n) is 12.7. The van der Waals surface area contributed by atoms with Crippen LogP contribution < -0.4 is 11.1 Å². The first-order valence-electron chi connectivity index (χ1n) is 6.72. The molecule has 0 aromatic heterocycles. The molecule has 0 bridgehead atoms. The zero-order valence-corrected chi connectivity index (χ0v) is 12.7. The third-order valence-electron chi connectivity index (χ3n) is 2.56. The average Bonchev–Trinajstić information content (AvgIpc) is 2.40. The van der Waals surface area contributed by atoms with Gasteiger partial charge in [-0.25, -0.2) is 0 Å². The summed E-state index contributed by atoms with van der Waals surface area (Å²) in [4.78, 5) is 23.5. The van der Waals surface area contributed by atoms with Crippen LogP contribution in [-0.2, 0) is 4.79 Å². The summed E-state index contributed by atoms with van der Waals surface area (Å²) < 4.78 is 0. The number of hydrogen-bond donors (Lipinski definition) is 2. The lowest BCUT2D eigenvalue weighted by Crippen LogP contribution is -2.36. The molecule has 0 aliphatic carbocycles. The highest BCUT2D eigenvalue weighted by atomic mass is 16.1. The molecular weight excluding hydrogens is 252 g/mol. The van der Waals surface area contributed by atoms with Crippen LogP contribution in [0.5, 0.6) is 0 Å². The molecule has 0 amide bonds. The van der Waals surface area contributed by atoms with Crippen LogP contribution in [0, 0.1) is 0 Å². The minimum atomic E-state index is -0.547. The molecule has 1 atom stereocenters. The van der Waals surface area contributed by atoms with Crippen LogP contribution in [0.25, 0.3) is 0 Å². The molecule has 0 aliphatic rings. The van der Waals surface area contributed by atoms with Crippen LogP contribution in [0.2, 0.25) is 0 Å². The summed E-state index contributed by atoms with van der Waals surface area (Å²) >= 11 is 0. The van der Waals surface area contributed by atoms with Crippen LogP contribution in [0.4, 0.5) is 5.69 Å². The number of anilines is 1. The molecule has 4 heteroatoms. The van der Waals surface area contributed by atoms with Gasteiger partial charge in [0.05, 0.1) is 6.04 Å². The lowest BCUT2D eigenvalue weighted by Gasteiger charge is -2.16. The van der Waals surface area contributed by atoms with E-state index in [0.29, 0.717) is 16.9 Å². The Hall–Kier alpha value is -2.10. The maximum Gasteiger partial charge on any atom is 0.167 e. The van der Waals surface area contributed by atoms with Gasteiger partial charge in [0.25, 0.3) is 0 Å². The smallest absolute Gasteiger partial charge is 0.167 e. The van der Waals surface area contributed by atoms with E-state index >= 15 is 0 Å². The second-order valence-electron chi connectivity index (χ2n) is 4.30. The van der Waals surface area contributed by atoms with Gasteiger partial charge >= 0.3 is 0 Å². The SMILES string of the molecule is C=C(C)NC(CC(=O)c1ccccc1N)C(C)=O.CC. The molecular formula is C16H24N2O2. The van der Waals surface area contributed by atoms with E-state index < -0.39 is 6.04 Å². The molecule has 0 saturated carbocycles. The fourth-order valence-electron chi connectivity index (χ4n) is 1.64. The second kappa shape index (κ2) is 8.91. The normalized spacial score (nSPS) is 10.8. The number of nitrogens with two attached hydrogens (primary N) is 1. The summed E-state index contributed by atoms with van der Waals surface area (Å²) in [6, 6.07) is 6.30. The molecule has 1 aromatic rings. The maximum absolute atomic E-state index is 12.1. The van der Waals surface area contributed by atoms with E-state index in [1.165, 1.54) is 6.92 Å². The number of nitrogen functional groups attached to an aromatic ring is 1. The molecule has 0 spiro atoms. The Morgan fingerprint density at radius 3 is 2.25 bits per heavy atom. The molecule has 0 heterocycles. The topological polar surface area (TPSA) is 72.2 Å². The highest BCUT2D eigenvalue weighted by Crippen LogP contribution is 2.14. The fourth-order valence-corrected chi connectivity index (χ4v) is 1.64. The number of para-hydroxylation sites is 1. The summed E-state index contributed by atoms with van der Waals surface area (Å²) in [7, 11) is 0. The number of hydrogen-bond acceptors (Lipinski definition) is 4. The molecule has 1 unspecified atom stereocenters. The molecule has 4 nitrogen and oxygen atoms in total. The molecule has 0 aliphatic heterocycles. The van der Waals surface area contributed by atoms with Crippen molar-refractivity contribution in [3.05, 3.63) is 42.1 Å². The van der Waals surface area contributed by atoms with Crippen molar-refractivity contribution in [3.8, 4) is 0 Å². The zero-order chi connectivity index (χ0) is 15.7. The third kappa shape index (κ3) is 5.69. The Kier molecular flexibility index (Phi) is 7.97. The second-order valence-corrected chi connectivity index (χ2v) is 4.30. The van der Waals surface area contributed by atoms with Gasteiger partial charge in [0.1, 0.15) is 0 Å². The van der Waals surface area contributed by atoms with Gasteiger partial charge in [-0.05, 0) is 26.0 Å². The number of allylic oxidation sites excluding steroid dienone is 1. The predicted molar refractivity (Wildman–Crippen MR) is 83.6 cm³/mol. The summed E-state index contributed by atoms with van der Waals surface area (Å²) in [5.74, 6) is -0.247. The lowest BCUT2D eigenvalue weighted by atomic mass is 10.00. The first-order chi connectivity index (χ1) is 9.41. The quantitative estimate of drug-likeness (QED) is 0.619. The van der Waals surface area contributed by atoms with Crippen molar-refractivity contribution < 1.29 is 9.59 Å². The minimum Gasteiger partial charge on any atom is -0.398 e. The third-order valence-corrected chi connectivity index (χ3v) is 2.56. The largest absolute Gasteiger partial charge is 0.398 e. The molecule has 1 rings (SSSR count). The molecule has 0 fully saturated rings. The van der Waals surface area contributed by atoms with Gasteiger partial charge in [-0.2, -0.15) is 0 Å². The summed E-state index contributed by atoms with van der Waals surface area (Å²) in [5, 5.41) is 2.89. The van der Waals surface area contributed by atoms with Crippen molar-refractivity contribution in [2.24, 2.45) is 0 Å². The molecule has 3 N–H and O–H groups in total. The van der Waals surface area contributed by atoms with Crippen LogP contribution in [0.1, 0.15) is 44.5 Å². The predicted octanol–water partition coefficient (Wildman–Crippen LogP) is 2.95. The van der Waals surface area contributed by atoms with Crippen LogP contribution in [0.3, 0.4) is 0 Å². The average molecular weight is 276 g/mol. The number of benzene rings is 1. The van der Waals surface area contributed by atoms with E-state index in [-0.39, 0.29) is 18.0 Å². The molecule has 20 heavy (non-hydrogen) atoms. The summed E-state index contributed by atoms with van der Waals surface area (Å²) in [6.45, 7) is 10.9. The Morgan fingerprint density at radius 1 is 1.25 bits per heavy atom. The molecule has 110 valence electrons. The van der Waals surface area contributed by atoms with Gasteiger partial charge in [-0.15, -0.1) is 0 Å². The molecule has 0 saturated heterocycles. The van der Waals surface area contributed by atoms with Gasteiger partial charge < -0.3 is 11.1 Å². The van der Waals surface area contributed by atoms with Crippen molar-refractivity contribution in [1.29, 1.82) is 0 Å². The van der Waals surface area contributed by atoms with Gasteiger partial charge in [0.2, 0.25) is 0 Å². The highest BCUT2D eigenvalue weighted by Gasteiger charge is 2.19. The Bertz CT molecular complexity index is 481. The van der Waals surface area contributed by atoms with Crippen LogP contribution >= 0.6 is 0 Å². The van der Waals surface area contributed by atoms with E-state index in [2.05, 4.69) is 11.9 Å². The Labute approximate surface area is 121 Å². The number of nitrogens with one attached hydrogen (secondary N) is 1. The number of Topliss-reactive ketones (excluding diaryl/α,β-unsaturated/α-hetero) is 2. The van der Waals surface area contributed by atoms with Gasteiger partial charge in [0, 0.05) is 23.4 Å². The van der Waals surface area contributed by atoms with Crippen molar-refractivity contribution >= 4 is 17.3 Å². The van der Waals surface area contributed by atoms with E-state index in [0.717, 1.165) is 0 Å². The maximum atomic E-state index is 12.1. The van der Waals surface area contributed by atoms with Crippen molar-refractivity contribution in [2.75, 3.05) is 5.73 Å². The van der Waals surface area contributed by atoms with Crippen molar-refractivity contribution in [1.82, 2.24) is 5.32 Å². The first kappa shape index (κ1) is 17.9. The Morgan fingerprint density at radius 2 is 1.80 bits per heavy atom. The van der Waals surface area contributed by atoms with Gasteiger partial charge in [-0.3, -0.25) is 9.59 Å². The fraction of sp³-hybridized carbons (Fsp3) is 0.375. The minimum absolute atomic E-state index is 0.0798. The monoisotopic (exact) mass is 276 g/mol. The Balaban J connectivity index is 0.00000172. The van der Waals surface area contributed by atoms with Crippen molar-refractivity contribution in [2.45, 2.75) is 40.2 Å². The lowest BCUT2D eigenvalue weighted by molar-refractivity contribution is -0.118. The molecule has 0 radical (unpaired) electrons. The summed E-state index contributed by atoms with van der Waals surface area (Å²) in [6.07, 6.45) is 0.0798. The first-order valence-corrected chi connectivity index (χ1v) is 6.72. The van der Waals surface area contributed by atoms with Crippen LogP contribution in [0.15, 0.2) is 36.5 Å². The standard InChI is InChI=1S/C14H18N2O2.C2H6/c1-9(2)16-13(10(3)17)8-14(18)11-6-4-5-7-12(11)15;1-2/h4-7,13,16H,1,8,15H2,2-3H3;1-2H3. The number of rotatable bonds is 6. The number of ketones is 2. The van der Waals surface area contributed by atoms with E-state index in [1.54, 1.807) is 31.2 Å². The van der Waals surface area contributed by atoms with Crippen LogP contribution in [-0.4, -0.2) is 17.6 Å². The number of carbonyl (C=O) groups is 2. The van der Waals surface area contributed by atoms with E-state index in [1.807, 2.05) is 13.8 Å². The van der Waals surface area contributed by atoms with Gasteiger partial charge in [-0.1, -0.05) is 32.6 Å². The molecule has 1 aromatic carbocycles. The highest BCUT2D eigenvalue weighted by molar-refractivity contribution is 6.03. The van der Waals surface area contributed by atoms with Gasteiger partial charge in [0.15, 0.2) is 11.6 Å².